The third-order valence-electron chi connectivity index (χ3n) is 3.36. The standard InChI is InChI=1S/4C6H10O2.Ti/c4*1-3-4-5(2)6(7)8;/h4*2-4H2,1H3,(H,7,8);/q;;;;+4/p-4. The van der Waals surface area contributed by atoms with Gasteiger partial charge in [0, 0.05) is 0 Å². The molecule has 0 saturated heterocycles. The van der Waals surface area contributed by atoms with Crippen molar-refractivity contribution in [2.24, 2.45) is 0 Å². The van der Waals surface area contributed by atoms with E-state index in [-0.39, 0.29) is 44.0 Å². The van der Waals surface area contributed by atoms with Crippen molar-refractivity contribution in [1.82, 2.24) is 0 Å². The van der Waals surface area contributed by atoms with Crippen molar-refractivity contribution in [2.45, 2.75) is 79.1 Å². The van der Waals surface area contributed by atoms with Crippen LogP contribution in [0.25, 0.3) is 0 Å². The number of carbonyl (C=O) groups is 4. The minimum Gasteiger partial charge on any atom is -0.545 e. The third kappa shape index (κ3) is 34.4. The first-order chi connectivity index (χ1) is 14.7. The van der Waals surface area contributed by atoms with Crippen molar-refractivity contribution in [3.8, 4) is 0 Å². The fraction of sp³-hybridized carbons (Fsp3) is 0.500. The molecule has 0 spiro atoms. The first-order valence-electron chi connectivity index (χ1n) is 10.3. The van der Waals surface area contributed by atoms with Gasteiger partial charge >= 0.3 is 21.7 Å². The van der Waals surface area contributed by atoms with E-state index >= 15 is 0 Å². The number of rotatable bonds is 12. The monoisotopic (exact) mass is 500 g/mol. The number of carbonyl (C=O) groups excluding carboxylic acids is 4. The Labute approximate surface area is 212 Å². The van der Waals surface area contributed by atoms with Gasteiger partial charge in [-0.15, -0.1) is 0 Å². The average molecular weight is 500 g/mol. The Kier molecular flexibility index (Phi) is 34.2. The van der Waals surface area contributed by atoms with Crippen LogP contribution in [0, 0.1) is 0 Å². The maximum atomic E-state index is 9.88. The van der Waals surface area contributed by atoms with Crippen LogP contribution in [0.4, 0.5) is 0 Å². The van der Waals surface area contributed by atoms with Crippen molar-refractivity contribution < 1.29 is 61.3 Å². The molecule has 0 N–H and O–H groups in total. The molecule has 0 aromatic heterocycles. The van der Waals surface area contributed by atoms with Crippen LogP contribution >= 0.6 is 0 Å². The van der Waals surface area contributed by atoms with Gasteiger partial charge in [-0.1, -0.05) is 79.7 Å². The Balaban J connectivity index is -0.000000105. The minimum atomic E-state index is -1.13. The van der Waals surface area contributed by atoms with Gasteiger partial charge in [0.2, 0.25) is 0 Å². The Hall–Kier alpha value is -2.45. The van der Waals surface area contributed by atoms with Crippen LogP contribution in [-0.2, 0) is 40.9 Å². The molecule has 0 aromatic rings. The molecule has 0 atom stereocenters. The maximum Gasteiger partial charge on any atom is 4.00 e. The predicted molar refractivity (Wildman–Crippen MR) is 116 cm³/mol. The summed E-state index contributed by atoms with van der Waals surface area (Å²) in [6.07, 6.45) is 5.37. The molecule has 0 rings (SSSR count). The number of carboxylic acid groups (broad SMARTS) is 4. The van der Waals surface area contributed by atoms with Crippen molar-refractivity contribution in [3.63, 3.8) is 0 Å². The van der Waals surface area contributed by atoms with Gasteiger partial charge in [-0.2, -0.15) is 0 Å². The van der Waals surface area contributed by atoms with Crippen molar-refractivity contribution in [3.05, 3.63) is 48.6 Å². The molecule has 0 aromatic carbocycles. The zero-order valence-corrected chi connectivity index (χ0v) is 21.8. The molecule has 0 heterocycles. The zero-order chi connectivity index (χ0) is 26.3. The Bertz CT molecular complexity index is 539. The van der Waals surface area contributed by atoms with E-state index in [0.29, 0.717) is 25.7 Å². The maximum absolute atomic E-state index is 9.88. The fourth-order valence-electron chi connectivity index (χ4n) is 1.62. The molecule has 0 aliphatic heterocycles. The van der Waals surface area contributed by atoms with Gasteiger partial charge in [-0.3, -0.25) is 0 Å². The summed E-state index contributed by atoms with van der Waals surface area (Å²) >= 11 is 0. The van der Waals surface area contributed by atoms with Crippen LogP contribution in [0.5, 0.6) is 0 Å². The van der Waals surface area contributed by atoms with Crippen LogP contribution in [0.15, 0.2) is 48.6 Å². The molecular weight excluding hydrogens is 464 g/mol. The summed E-state index contributed by atoms with van der Waals surface area (Å²) in [6, 6.07) is 0. The second-order valence-corrected chi connectivity index (χ2v) is 6.56. The Morgan fingerprint density at radius 3 is 0.606 bits per heavy atom. The van der Waals surface area contributed by atoms with Gasteiger partial charge in [0.05, 0.1) is 23.9 Å². The SMILES string of the molecule is C=C(CCC)C(=O)[O-].C=C(CCC)C(=O)[O-].C=C(CCC)C(=O)[O-].C=C(CCC)C(=O)[O-].[Ti+4]. The molecule has 0 bridgehead atoms. The minimum absolute atomic E-state index is 0. The molecule has 9 heteroatoms. The molecule has 0 amide bonds. The van der Waals surface area contributed by atoms with E-state index < -0.39 is 23.9 Å². The Morgan fingerprint density at radius 2 is 0.576 bits per heavy atom. The van der Waals surface area contributed by atoms with Gasteiger partial charge in [-0.05, 0) is 48.0 Å². The second kappa shape index (κ2) is 27.6. The number of hydrogen-bond donors (Lipinski definition) is 0. The first kappa shape index (κ1) is 40.9. The molecule has 0 unspecified atom stereocenters. The van der Waals surface area contributed by atoms with E-state index in [2.05, 4.69) is 26.3 Å². The smallest absolute Gasteiger partial charge is 0.545 e. The van der Waals surface area contributed by atoms with Crippen LogP contribution in [-0.4, -0.2) is 23.9 Å². The number of aliphatic carboxylic acids is 4. The topological polar surface area (TPSA) is 161 Å². The van der Waals surface area contributed by atoms with Crippen molar-refractivity contribution in [1.29, 1.82) is 0 Å². The summed E-state index contributed by atoms with van der Waals surface area (Å²) in [6.45, 7) is 20.7. The van der Waals surface area contributed by atoms with Gasteiger partial charge in [-0.25, -0.2) is 0 Å². The van der Waals surface area contributed by atoms with Crippen molar-refractivity contribution >= 4 is 23.9 Å². The molecular formula is C24H36O8Ti. The van der Waals surface area contributed by atoms with E-state index in [9.17, 15) is 39.6 Å². The Morgan fingerprint density at radius 1 is 0.455 bits per heavy atom. The molecule has 0 aliphatic carbocycles. The third-order valence-corrected chi connectivity index (χ3v) is 3.36. The normalized spacial score (nSPS) is 8.36. The summed E-state index contributed by atoms with van der Waals surface area (Å²) in [5, 5.41) is 39.5. The van der Waals surface area contributed by atoms with Crippen molar-refractivity contribution in [2.75, 3.05) is 0 Å². The van der Waals surface area contributed by atoms with E-state index in [1.54, 1.807) is 0 Å². The predicted octanol–water partition coefficient (Wildman–Crippen LogP) is 0.368. The van der Waals surface area contributed by atoms with E-state index in [0.717, 1.165) is 25.7 Å². The van der Waals surface area contributed by atoms with Gasteiger partial charge in [0.1, 0.15) is 0 Å². The van der Waals surface area contributed by atoms with E-state index in [1.165, 1.54) is 0 Å². The molecule has 0 radical (unpaired) electrons. The zero-order valence-electron chi connectivity index (χ0n) is 20.3. The summed E-state index contributed by atoms with van der Waals surface area (Å²) in [5.41, 5.74) is 0.750. The first-order valence-corrected chi connectivity index (χ1v) is 10.3. The van der Waals surface area contributed by atoms with E-state index in [4.69, 9.17) is 0 Å². The molecule has 8 nitrogen and oxygen atoms in total. The van der Waals surface area contributed by atoms with Gasteiger partial charge in [0.15, 0.2) is 0 Å². The van der Waals surface area contributed by atoms with Crippen LogP contribution in [0.3, 0.4) is 0 Å². The largest absolute Gasteiger partial charge is 4.00 e. The molecule has 184 valence electrons. The molecule has 0 saturated carbocycles. The summed E-state index contributed by atoms with van der Waals surface area (Å²) < 4.78 is 0. The number of hydrogen-bond acceptors (Lipinski definition) is 8. The van der Waals surface area contributed by atoms with Crippen LogP contribution in [0.2, 0.25) is 0 Å². The van der Waals surface area contributed by atoms with Crippen LogP contribution in [0.1, 0.15) is 79.1 Å². The van der Waals surface area contributed by atoms with Gasteiger partial charge < -0.3 is 39.6 Å². The van der Waals surface area contributed by atoms with Crippen LogP contribution < -0.4 is 20.4 Å². The second-order valence-electron chi connectivity index (χ2n) is 6.56. The molecule has 0 fully saturated rings. The van der Waals surface area contributed by atoms with E-state index in [1.807, 2.05) is 27.7 Å². The molecule has 0 aliphatic rings. The van der Waals surface area contributed by atoms with Gasteiger partial charge in [0.25, 0.3) is 0 Å². The fourth-order valence-corrected chi connectivity index (χ4v) is 1.62. The summed E-state index contributed by atoms with van der Waals surface area (Å²) in [5.74, 6) is -4.53. The average Bonchev–Trinajstić information content (AvgIpc) is 2.70. The quantitative estimate of drug-likeness (QED) is 0.274. The summed E-state index contributed by atoms with van der Waals surface area (Å²) in [4.78, 5) is 39.5. The molecule has 33 heavy (non-hydrogen) atoms. The number of carboxylic acids is 4. The summed E-state index contributed by atoms with van der Waals surface area (Å²) in [7, 11) is 0.